The first kappa shape index (κ1) is 22.0. The van der Waals surface area contributed by atoms with E-state index in [0.717, 1.165) is 5.56 Å². The number of aryl methyl sites for hydroxylation is 1. The maximum Gasteiger partial charge on any atom is 0.339 e. The van der Waals surface area contributed by atoms with Gasteiger partial charge in [-0.25, -0.2) is 4.79 Å². The predicted molar refractivity (Wildman–Crippen MR) is 113 cm³/mol. The Morgan fingerprint density at radius 3 is 2.62 bits per heavy atom. The number of hydrogen-bond acceptors (Lipinski definition) is 5. The van der Waals surface area contributed by atoms with Crippen molar-refractivity contribution < 1.29 is 24.1 Å². The van der Waals surface area contributed by atoms with Crippen molar-refractivity contribution >= 4 is 23.6 Å². The molecule has 1 fully saturated rings. The zero-order chi connectivity index (χ0) is 21.3. The lowest BCUT2D eigenvalue weighted by Crippen LogP contribution is -2.34. The van der Waals surface area contributed by atoms with E-state index in [1.807, 2.05) is 52.8 Å². The molecule has 0 saturated carbocycles. The van der Waals surface area contributed by atoms with Crippen molar-refractivity contribution in [1.29, 1.82) is 0 Å². The molecule has 5 nitrogen and oxygen atoms in total. The molecular weight excluding hydrogens is 392 g/mol. The maximum absolute atomic E-state index is 12.9. The summed E-state index contributed by atoms with van der Waals surface area (Å²) in [5.74, 6) is -1.25. The summed E-state index contributed by atoms with van der Waals surface area (Å²) in [6.07, 6.45) is 5.84. The highest BCUT2D eigenvalue weighted by Gasteiger charge is 2.43. The quantitative estimate of drug-likeness (QED) is 0.487. The van der Waals surface area contributed by atoms with E-state index in [9.17, 15) is 9.90 Å². The van der Waals surface area contributed by atoms with Crippen LogP contribution in [0.5, 0.6) is 0 Å². The van der Waals surface area contributed by atoms with E-state index < -0.39 is 18.0 Å². The van der Waals surface area contributed by atoms with Crippen LogP contribution in [-0.4, -0.2) is 41.3 Å². The summed E-state index contributed by atoms with van der Waals surface area (Å²) in [7, 11) is 0. The molecule has 0 aromatic heterocycles. The van der Waals surface area contributed by atoms with Gasteiger partial charge in [-0.15, -0.1) is 0 Å². The number of benzene rings is 1. The number of cyclic esters (lactones) is 1. The zero-order valence-electron chi connectivity index (χ0n) is 17.5. The molecular formula is C23H29ClO5. The fourth-order valence-electron chi connectivity index (χ4n) is 3.73. The van der Waals surface area contributed by atoms with E-state index in [-0.39, 0.29) is 24.1 Å². The molecule has 2 aliphatic heterocycles. The first-order valence-electron chi connectivity index (χ1n) is 9.97. The second-order valence-electron chi connectivity index (χ2n) is 8.31. The monoisotopic (exact) mass is 420 g/mol. The minimum Gasteiger partial charge on any atom is -0.458 e. The van der Waals surface area contributed by atoms with E-state index in [1.54, 1.807) is 18.2 Å². The van der Waals surface area contributed by atoms with Gasteiger partial charge in [-0.05, 0) is 57.4 Å². The highest BCUT2D eigenvalue weighted by Crippen LogP contribution is 2.33. The van der Waals surface area contributed by atoms with Crippen molar-refractivity contribution in [3.05, 3.63) is 52.1 Å². The smallest absolute Gasteiger partial charge is 0.339 e. The van der Waals surface area contributed by atoms with Gasteiger partial charge in [0.25, 0.3) is 0 Å². The molecule has 1 unspecified atom stereocenters. The van der Waals surface area contributed by atoms with Gasteiger partial charge in [-0.2, -0.15) is 0 Å². The van der Waals surface area contributed by atoms with Crippen LogP contribution in [0.15, 0.2) is 30.4 Å². The summed E-state index contributed by atoms with van der Waals surface area (Å²) in [6.45, 7) is 9.30. The van der Waals surface area contributed by atoms with Crippen LogP contribution in [0.1, 0.15) is 55.6 Å². The normalized spacial score (nSPS) is 33.3. The molecule has 1 saturated heterocycles. The molecule has 2 aliphatic rings. The number of carbonyl (C=O) groups excluding carboxylic acids is 1. The largest absolute Gasteiger partial charge is 0.458 e. The molecule has 3 rings (SSSR count). The van der Waals surface area contributed by atoms with Gasteiger partial charge in [0, 0.05) is 10.9 Å². The maximum atomic E-state index is 12.9. The Hall–Kier alpha value is -1.66. The lowest BCUT2D eigenvalue weighted by Gasteiger charge is -2.22. The zero-order valence-corrected chi connectivity index (χ0v) is 18.3. The third-order valence-corrected chi connectivity index (χ3v) is 5.62. The minimum atomic E-state index is -0.826. The molecule has 6 heteroatoms. The Morgan fingerprint density at radius 1 is 1.17 bits per heavy atom. The number of esters is 1. The molecule has 0 radical (unpaired) electrons. The van der Waals surface area contributed by atoms with Crippen molar-refractivity contribution in [2.45, 2.75) is 71.2 Å². The fourth-order valence-corrected chi connectivity index (χ4v) is 4.01. The second-order valence-corrected chi connectivity index (χ2v) is 8.75. The molecule has 5 atom stereocenters. The number of halogens is 1. The van der Waals surface area contributed by atoms with Gasteiger partial charge >= 0.3 is 5.97 Å². The number of rotatable bonds is 0. The Labute approximate surface area is 177 Å². The Bertz CT molecular complexity index is 829. The van der Waals surface area contributed by atoms with Gasteiger partial charge in [0.2, 0.25) is 0 Å². The number of fused-ring (bicyclic) bond motifs is 2. The van der Waals surface area contributed by atoms with Crippen LogP contribution in [0, 0.1) is 12.8 Å². The summed E-state index contributed by atoms with van der Waals surface area (Å²) in [4.78, 5) is 12.9. The number of aliphatic hydroxyl groups is 1. The first-order chi connectivity index (χ1) is 13.6. The topological polar surface area (TPSA) is 65.0 Å². The Kier molecular flexibility index (Phi) is 6.54. The molecule has 1 N–H and O–H groups in total. The summed E-state index contributed by atoms with van der Waals surface area (Å²) >= 11 is 6.23. The van der Waals surface area contributed by atoms with Gasteiger partial charge in [-0.1, -0.05) is 42.8 Å². The predicted octanol–water partition coefficient (Wildman–Crippen LogP) is 4.68. The highest BCUT2D eigenvalue weighted by atomic mass is 35.5. The lowest BCUT2D eigenvalue weighted by atomic mass is 9.98. The number of carbonyl (C=O) groups is 1. The van der Waals surface area contributed by atoms with Crippen LogP contribution in [0.2, 0.25) is 5.02 Å². The number of aliphatic hydroxyl groups excluding tert-OH is 1. The molecule has 158 valence electrons. The van der Waals surface area contributed by atoms with Gasteiger partial charge in [-0.3, -0.25) is 0 Å². The van der Waals surface area contributed by atoms with Crippen molar-refractivity contribution in [3.8, 4) is 0 Å². The summed E-state index contributed by atoms with van der Waals surface area (Å²) in [5.41, 5.74) is 1.97. The van der Waals surface area contributed by atoms with E-state index in [0.29, 0.717) is 22.6 Å². The van der Waals surface area contributed by atoms with Crippen molar-refractivity contribution in [2.75, 3.05) is 0 Å². The number of hydrogen-bond donors (Lipinski definition) is 1. The van der Waals surface area contributed by atoms with Gasteiger partial charge in [0.05, 0.1) is 11.7 Å². The molecule has 1 aromatic rings. The van der Waals surface area contributed by atoms with Gasteiger partial charge in [0.1, 0.15) is 18.3 Å². The van der Waals surface area contributed by atoms with E-state index in [4.69, 9.17) is 25.8 Å². The van der Waals surface area contributed by atoms with Crippen molar-refractivity contribution in [2.24, 2.45) is 5.92 Å². The van der Waals surface area contributed by atoms with Crippen LogP contribution in [0.3, 0.4) is 0 Å². The highest BCUT2D eigenvalue weighted by molar-refractivity contribution is 6.31. The lowest BCUT2D eigenvalue weighted by molar-refractivity contribution is -0.152. The molecule has 2 heterocycles. The van der Waals surface area contributed by atoms with Gasteiger partial charge < -0.3 is 19.3 Å². The number of ether oxygens (including phenoxy) is 3. The van der Waals surface area contributed by atoms with Crippen LogP contribution >= 0.6 is 11.6 Å². The molecule has 0 aliphatic carbocycles. The average molecular weight is 421 g/mol. The van der Waals surface area contributed by atoms with E-state index in [2.05, 4.69) is 0 Å². The minimum absolute atomic E-state index is 0.0862. The molecule has 0 amide bonds. The molecule has 0 spiro atoms. The molecule has 29 heavy (non-hydrogen) atoms. The molecule has 0 bridgehead atoms. The summed E-state index contributed by atoms with van der Waals surface area (Å²) in [5, 5.41) is 11.2. The summed E-state index contributed by atoms with van der Waals surface area (Å²) in [6, 6.07) is 3.51. The SMILES string of the molecule is Cc1cc(Cl)cc2c1C(=O)O[C@@H](C)[C@H](C)/C=C\C(O)[C@H]1OC(C)(C)O[C@H]1CC=C2. The second kappa shape index (κ2) is 8.60. The van der Waals surface area contributed by atoms with Crippen LogP contribution in [0.4, 0.5) is 0 Å². The van der Waals surface area contributed by atoms with Crippen molar-refractivity contribution in [3.63, 3.8) is 0 Å². The summed E-state index contributed by atoms with van der Waals surface area (Å²) < 4.78 is 17.7. The third-order valence-electron chi connectivity index (χ3n) is 5.40. The van der Waals surface area contributed by atoms with Crippen LogP contribution in [0.25, 0.3) is 6.08 Å². The van der Waals surface area contributed by atoms with Gasteiger partial charge in [0.15, 0.2) is 5.79 Å². The van der Waals surface area contributed by atoms with E-state index in [1.165, 1.54) is 0 Å². The fraction of sp³-hybridized carbons (Fsp3) is 0.522. The Balaban J connectivity index is 2.02. The third kappa shape index (κ3) is 5.10. The average Bonchev–Trinajstić information content (AvgIpc) is 2.92. The Morgan fingerprint density at radius 2 is 1.90 bits per heavy atom. The first-order valence-corrected chi connectivity index (χ1v) is 10.3. The van der Waals surface area contributed by atoms with Crippen molar-refractivity contribution in [1.82, 2.24) is 0 Å². The molecule has 1 aromatic carbocycles. The van der Waals surface area contributed by atoms with Crippen LogP contribution < -0.4 is 0 Å². The standard InChI is InChI=1S/C23H29ClO5/c1-13-9-10-18(25)21-19(28-23(4,5)29-21)8-6-7-16-12-17(24)11-14(2)20(16)22(26)27-15(13)3/h6-7,9-13,15,18-19,21,25H,8H2,1-5H3/b7-6?,10-9-/t13-,15+,18?,19+,21-/m1/s1. The van der Waals surface area contributed by atoms with E-state index >= 15 is 0 Å². The van der Waals surface area contributed by atoms with Crippen LogP contribution in [-0.2, 0) is 14.2 Å².